The molecule has 0 heterocycles. The maximum atomic E-state index is 11.8. The quantitative estimate of drug-likeness (QED) is 0.318. The molecule has 0 aliphatic heterocycles. The van der Waals surface area contributed by atoms with Crippen LogP contribution in [0.1, 0.15) is 57.3 Å². The Morgan fingerprint density at radius 3 is 2.30 bits per heavy atom. The zero-order chi connectivity index (χ0) is 24.4. The highest BCUT2D eigenvalue weighted by atomic mass is 35.5. The summed E-state index contributed by atoms with van der Waals surface area (Å²) in [5.74, 6) is 0.504. The van der Waals surface area contributed by atoms with Crippen molar-refractivity contribution in [3.8, 4) is 17.2 Å². The van der Waals surface area contributed by atoms with E-state index in [1.54, 1.807) is 12.1 Å². The minimum Gasteiger partial charge on any atom is -0.507 e. The maximum Gasteiger partial charge on any atom is 0.132 e. The number of aromatic hydroxyl groups is 1. The van der Waals surface area contributed by atoms with Crippen LogP contribution in [-0.2, 0) is 0 Å². The Morgan fingerprint density at radius 1 is 1.06 bits per heavy atom. The van der Waals surface area contributed by atoms with Crippen LogP contribution in [0.25, 0.3) is 0 Å². The van der Waals surface area contributed by atoms with Crippen LogP contribution < -0.4 is 9.47 Å². The number of allylic oxidation sites excluding steroid dienone is 5. The van der Waals surface area contributed by atoms with Crippen molar-refractivity contribution in [3.05, 3.63) is 89.0 Å². The monoisotopic (exact) mass is 470 g/mol. The molecule has 178 valence electrons. The largest absolute Gasteiger partial charge is 0.507 e. The molecule has 2 N–H and O–H groups in total. The minimum atomic E-state index is -1.03. The SMILES string of the molecule is C=C/C=C\C=C(/C)C(CC)[C@@H](c1ccc(Cl)cc1)[C@H](O)c1c(O)cc(OCC)cc1OCC. The van der Waals surface area contributed by atoms with E-state index in [1.807, 2.05) is 56.3 Å². The van der Waals surface area contributed by atoms with Gasteiger partial charge >= 0.3 is 0 Å². The molecule has 0 saturated heterocycles. The van der Waals surface area contributed by atoms with E-state index < -0.39 is 6.10 Å². The molecule has 0 aliphatic rings. The summed E-state index contributed by atoms with van der Waals surface area (Å²) >= 11 is 6.15. The third-order valence-corrected chi connectivity index (χ3v) is 5.91. The number of hydrogen-bond acceptors (Lipinski definition) is 4. The number of phenols is 1. The summed E-state index contributed by atoms with van der Waals surface area (Å²) in [6.45, 7) is 12.5. The Balaban J connectivity index is 2.66. The number of rotatable bonds is 12. The second kappa shape index (κ2) is 13.1. The zero-order valence-electron chi connectivity index (χ0n) is 19.9. The topological polar surface area (TPSA) is 58.9 Å². The summed E-state index contributed by atoms with van der Waals surface area (Å²) < 4.78 is 11.4. The minimum absolute atomic E-state index is 0.00362. The van der Waals surface area contributed by atoms with Gasteiger partial charge in [0, 0.05) is 23.1 Å². The first-order chi connectivity index (χ1) is 15.9. The molecule has 0 amide bonds. The smallest absolute Gasteiger partial charge is 0.132 e. The van der Waals surface area contributed by atoms with Crippen molar-refractivity contribution in [2.45, 2.75) is 46.1 Å². The lowest BCUT2D eigenvalue weighted by atomic mass is 9.74. The molecule has 2 aromatic carbocycles. The molecule has 0 saturated carbocycles. The summed E-state index contributed by atoms with van der Waals surface area (Å²) in [6.07, 6.45) is 7.33. The highest BCUT2D eigenvalue weighted by Gasteiger charge is 2.34. The van der Waals surface area contributed by atoms with Crippen LogP contribution in [0.3, 0.4) is 0 Å². The average Bonchev–Trinajstić information content (AvgIpc) is 2.78. The fourth-order valence-corrected chi connectivity index (χ4v) is 4.30. The van der Waals surface area contributed by atoms with E-state index in [0.717, 1.165) is 17.6 Å². The van der Waals surface area contributed by atoms with Gasteiger partial charge in [0.05, 0.1) is 24.9 Å². The van der Waals surface area contributed by atoms with E-state index in [9.17, 15) is 10.2 Å². The number of halogens is 1. The van der Waals surface area contributed by atoms with Gasteiger partial charge in [0.1, 0.15) is 17.2 Å². The van der Waals surface area contributed by atoms with Gasteiger partial charge in [-0.2, -0.15) is 0 Å². The molecule has 3 atom stereocenters. The molecule has 2 aromatic rings. The average molecular weight is 471 g/mol. The van der Waals surface area contributed by atoms with E-state index in [1.165, 1.54) is 6.07 Å². The van der Waals surface area contributed by atoms with Gasteiger partial charge in [-0.25, -0.2) is 0 Å². The van der Waals surface area contributed by atoms with E-state index in [0.29, 0.717) is 35.3 Å². The molecule has 0 bridgehead atoms. The first kappa shape index (κ1) is 26.6. The number of hydrogen-bond donors (Lipinski definition) is 2. The summed E-state index contributed by atoms with van der Waals surface area (Å²) in [4.78, 5) is 0. The second-order valence-corrected chi connectivity index (χ2v) is 8.22. The van der Waals surface area contributed by atoms with Gasteiger partial charge in [-0.1, -0.05) is 67.1 Å². The van der Waals surface area contributed by atoms with E-state index in [4.69, 9.17) is 21.1 Å². The molecule has 0 aromatic heterocycles. The molecule has 0 spiro atoms. The van der Waals surface area contributed by atoms with Gasteiger partial charge in [-0.15, -0.1) is 0 Å². The molecule has 5 heteroatoms. The maximum absolute atomic E-state index is 11.8. The molecule has 0 fully saturated rings. The molecule has 33 heavy (non-hydrogen) atoms. The van der Waals surface area contributed by atoms with Crippen molar-refractivity contribution in [3.63, 3.8) is 0 Å². The number of aliphatic hydroxyl groups is 1. The third kappa shape index (κ3) is 6.89. The van der Waals surface area contributed by atoms with Gasteiger partial charge in [-0.3, -0.25) is 0 Å². The van der Waals surface area contributed by atoms with Gasteiger partial charge in [0.2, 0.25) is 0 Å². The lowest BCUT2D eigenvalue weighted by Gasteiger charge is -2.33. The van der Waals surface area contributed by atoms with Gasteiger partial charge in [0.25, 0.3) is 0 Å². The highest BCUT2D eigenvalue weighted by Crippen LogP contribution is 2.48. The molecule has 2 rings (SSSR count). The summed E-state index contributed by atoms with van der Waals surface area (Å²) in [5, 5.41) is 23.3. The Morgan fingerprint density at radius 2 is 1.73 bits per heavy atom. The third-order valence-electron chi connectivity index (χ3n) is 5.66. The molecule has 0 aliphatic carbocycles. The van der Waals surface area contributed by atoms with Crippen molar-refractivity contribution in [2.75, 3.05) is 13.2 Å². The lowest BCUT2D eigenvalue weighted by Crippen LogP contribution is -2.22. The number of phenolic OH excluding ortho intramolecular Hbond substituents is 1. The summed E-state index contributed by atoms with van der Waals surface area (Å²) in [6, 6.07) is 10.7. The van der Waals surface area contributed by atoms with E-state index in [2.05, 4.69) is 20.4 Å². The van der Waals surface area contributed by atoms with E-state index in [-0.39, 0.29) is 17.6 Å². The highest BCUT2D eigenvalue weighted by molar-refractivity contribution is 6.30. The van der Waals surface area contributed by atoms with Crippen LogP contribution in [0.4, 0.5) is 0 Å². The lowest BCUT2D eigenvalue weighted by molar-refractivity contribution is 0.115. The first-order valence-corrected chi connectivity index (χ1v) is 11.8. The number of aliphatic hydroxyl groups excluding tert-OH is 1. The molecule has 4 nitrogen and oxygen atoms in total. The van der Waals surface area contributed by atoms with Crippen molar-refractivity contribution in [1.29, 1.82) is 0 Å². The van der Waals surface area contributed by atoms with Gasteiger partial charge in [0.15, 0.2) is 0 Å². The molecule has 0 radical (unpaired) electrons. The number of benzene rings is 2. The van der Waals surface area contributed by atoms with Gasteiger partial charge in [-0.05, 0) is 50.8 Å². The predicted molar refractivity (Wildman–Crippen MR) is 136 cm³/mol. The fraction of sp³-hybridized carbons (Fsp3) is 0.357. The van der Waals surface area contributed by atoms with Crippen molar-refractivity contribution >= 4 is 11.6 Å². The van der Waals surface area contributed by atoms with Crippen molar-refractivity contribution in [2.24, 2.45) is 5.92 Å². The molecule has 1 unspecified atom stereocenters. The molecular weight excluding hydrogens is 436 g/mol. The van der Waals surface area contributed by atoms with Gasteiger partial charge < -0.3 is 19.7 Å². The molecular formula is C28H35ClO4. The summed E-state index contributed by atoms with van der Waals surface area (Å²) in [7, 11) is 0. The Labute approximate surface area is 202 Å². The normalized spacial score (nSPS) is 14.7. The van der Waals surface area contributed by atoms with Crippen LogP contribution in [-0.4, -0.2) is 23.4 Å². The Kier molecular flexibility index (Phi) is 10.6. The van der Waals surface area contributed by atoms with Crippen molar-refractivity contribution in [1.82, 2.24) is 0 Å². The van der Waals surface area contributed by atoms with E-state index >= 15 is 0 Å². The van der Waals surface area contributed by atoms with Crippen LogP contribution in [0.5, 0.6) is 17.2 Å². The van der Waals surface area contributed by atoms with Crippen LogP contribution in [0.2, 0.25) is 5.02 Å². The Bertz CT molecular complexity index is 963. The Hall–Kier alpha value is -2.69. The first-order valence-electron chi connectivity index (χ1n) is 11.4. The number of ether oxygens (including phenoxy) is 2. The van der Waals surface area contributed by atoms with Crippen LogP contribution in [0, 0.1) is 5.92 Å². The summed E-state index contributed by atoms with van der Waals surface area (Å²) in [5.41, 5.74) is 2.39. The van der Waals surface area contributed by atoms with Crippen LogP contribution >= 0.6 is 11.6 Å². The standard InChI is InChI=1S/C28H35ClO4/c1-6-10-11-12-19(5)23(7-2)26(20-13-15-21(29)16-14-20)28(31)27-24(30)17-22(32-8-3)18-25(27)33-9-4/h6,10-18,23,26,28,30-31H,1,7-9H2,2-5H3/b11-10-,19-12+/t23?,26-,28+/m1/s1. The predicted octanol–water partition coefficient (Wildman–Crippen LogP) is 7.37. The fourth-order valence-electron chi connectivity index (χ4n) is 4.18. The zero-order valence-corrected chi connectivity index (χ0v) is 20.7. The van der Waals surface area contributed by atoms with Crippen molar-refractivity contribution < 1.29 is 19.7 Å². The van der Waals surface area contributed by atoms with Crippen LogP contribution in [0.15, 0.2) is 72.9 Å². The second-order valence-electron chi connectivity index (χ2n) is 7.79.